The third-order valence-corrected chi connectivity index (χ3v) is 6.18. The Kier molecular flexibility index (Phi) is 6.45. The van der Waals surface area contributed by atoms with E-state index >= 15 is 0 Å². The number of rotatable bonds is 6. The zero-order valence-electron chi connectivity index (χ0n) is 12.7. The molecule has 1 aromatic carbocycles. The maximum Gasteiger partial charge on any atom is 0.258 e. The first-order valence-corrected chi connectivity index (χ1v) is 9.09. The van der Waals surface area contributed by atoms with Crippen LogP contribution in [-0.4, -0.2) is 55.5 Å². The van der Waals surface area contributed by atoms with Crippen LogP contribution >= 0.6 is 23.5 Å². The molecular weight excluding hydrogens is 320 g/mol. The molecule has 120 valence electrons. The molecule has 1 aliphatic heterocycles. The monoisotopic (exact) mass is 340 g/mol. The molecule has 0 spiro atoms. The Morgan fingerprint density at radius 2 is 1.86 bits per heavy atom. The van der Waals surface area contributed by atoms with E-state index in [-0.39, 0.29) is 25.0 Å². The molecule has 0 aliphatic carbocycles. The highest BCUT2D eigenvalue weighted by Gasteiger charge is 2.18. The van der Waals surface area contributed by atoms with Crippen molar-refractivity contribution in [3.8, 4) is 5.75 Å². The number of ether oxygens (including phenoxy) is 1. The van der Waals surface area contributed by atoms with Crippen LogP contribution in [0.5, 0.6) is 5.75 Å². The fraction of sp³-hybridized carbons (Fsp3) is 0.467. The van der Waals surface area contributed by atoms with Crippen LogP contribution < -0.4 is 10.1 Å². The number of nitrogens with zero attached hydrogens (tertiary/aromatic N) is 1. The normalized spacial score (nSPS) is 14.6. The van der Waals surface area contributed by atoms with Crippen LogP contribution in [0.15, 0.2) is 24.3 Å². The Morgan fingerprint density at radius 3 is 2.45 bits per heavy atom. The SMILES string of the molecule is CN(C)C(=O)CNC(=O)COc1ccc(C2SCCS2)cc1. The van der Waals surface area contributed by atoms with E-state index in [1.54, 1.807) is 14.1 Å². The summed E-state index contributed by atoms with van der Waals surface area (Å²) in [6.45, 7) is -0.1000. The van der Waals surface area contributed by atoms with Crippen LogP contribution in [-0.2, 0) is 9.59 Å². The van der Waals surface area contributed by atoms with Crippen LogP contribution in [0.3, 0.4) is 0 Å². The highest BCUT2D eigenvalue weighted by Crippen LogP contribution is 2.45. The second-order valence-electron chi connectivity index (χ2n) is 5.00. The molecule has 2 amide bonds. The van der Waals surface area contributed by atoms with E-state index in [9.17, 15) is 9.59 Å². The molecule has 0 bridgehead atoms. The molecule has 1 fully saturated rings. The Hall–Kier alpha value is -1.34. The predicted octanol–water partition coefficient (Wildman–Crippen LogP) is 1.75. The van der Waals surface area contributed by atoms with E-state index < -0.39 is 0 Å². The summed E-state index contributed by atoms with van der Waals surface area (Å²) in [5.74, 6) is 2.59. The van der Waals surface area contributed by atoms with E-state index in [0.717, 1.165) is 0 Å². The molecular formula is C15H20N2O3S2. The molecule has 0 radical (unpaired) electrons. The molecule has 0 atom stereocenters. The molecule has 1 aliphatic rings. The lowest BCUT2D eigenvalue weighted by atomic mass is 10.2. The van der Waals surface area contributed by atoms with Crippen molar-refractivity contribution in [3.05, 3.63) is 29.8 Å². The maximum atomic E-state index is 11.6. The quantitative estimate of drug-likeness (QED) is 0.855. The first-order chi connectivity index (χ1) is 10.6. The van der Waals surface area contributed by atoms with Gasteiger partial charge in [0.05, 0.1) is 11.1 Å². The molecule has 7 heteroatoms. The lowest BCUT2D eigenvalue weighted by Crippen LogP contribution is -2.38. The minimum Gasteiger partial charge on any atom is -0.484 e. The summed E-state index contributed by atoms with van der Waals surface area (Å²) in [5.41, 5.74) is 1.28. The molecule has 1 aromatic rings. The third kappa shape index (κ3) is 5.14. The van der Waals surface area contributed by atoms with Crippen molar-refractivity contribution >= 4 is 35.3 Å². The Morgan fingerprint density at radius 1 is 1.23 bits per heavy atom. The number of thioether (sulfide) groups is 2. The lowest BCUT2D eigenvalue weighted by Gasteiger charge is -2.12. The van der Waals surface area contributed by atoms with Crippen molar-refractivity contribution in [2.45, 2.75) is 4.58 Å². The fourth-order valence-corrected chi connectivity index (χ4v) is 4.66. The van der Waals surface area contributed by atoms with E-state index in [0.29, 0.717) is 10.3 Å². The van der Waals surface area contributed by atoms with Gasteiger partial charge in [0.2, 0.25) is 5.91 Å². The van der Waals surface area contributed by atoms with E-state index in [1.807, 2.05) is 47.8 Å². The van der Waals surface area contributed by atoms with Gasteiger partial charge in [-0.2, -0.15) is 0 Å². The summed E-state index contributed by atoms with van der Waals surface area (Å²) in [5, 5.41) is 2.53. The molecule has 2 rings (SSSR count). The number of hydrogen-bond donors (Lipinski definition) is 1. The second kappa shape index (κ2) is 8.33. The van der Waals surface area contributed by atoms with E-state index in [4.69, 9.17) is 4.74 Å². The summed E-state index contributed by atoms with van der Waals surface area (Å²) >= 11 is 3.91. The van der Waals surface area contributed by atoms with Crippen LogP contribution in [0.25, 0.3) is 0 Å². The largest absolute Gasteiger partial charge is 0.484 e. The van der Waals surface area contributed by atoms with Gasteiger partial charge in [-0.05, 0) is 17.7 Å². The molecule has 22 heavy (non-hydrogen) atoms. The van der Waals surface area contributed by atoms with Gasteiger partial charge in [0, 0.05) is 25.6 Å². The van der Waals surface area contributed by atoms with Gasteiger partial charge in [-0.3, -0.25) is 9.59 Å². The smallest absolute Gasteiger partial charge is 0.258 e. The number of nitrogens with one attached hydrogen (secondary N) is 1. The summed E-state index contributed by atoms with van der Waals surface area (Å²) in [7, 11) is 3.29. The zero-order valence-corrected chi connectivity index (χ0v) is 14.3. The van der Waals surface area contributed by atoms with Crippen molar-refractivity contribution in [1.29, 1.82) is 0 Å². The van der Waals surface area contributed by atoms with Crippen molar-refractivity contribution in [2.75, 3.05) is 38.8 Å². The number of hydrogen-bond acceptors (Lipinski definition) is 5. The molecule has 0 aromatic heterocycles. The predicted molar refractivity (Wildman–Crippen MR) is 91.3 cm³/mol. The van der Waals surface area contributed by atoms with Crippen LogP contribution in [0.1, 0.15) is 10.1 Å². The van der Waals surface area contributed by atoms with Gasteiger partial charge in [-0.1, -0.05) is 12.1 Å². The summed E-state index contributed by atoms with van der Waals surface area (Å²) in [6.07, 6.45) is 0. The van der Waals surface area contributed by atoms with Crippen molar-refractivity contribution in [2.24, 2.45) is 0 Å². The Bertz CT molecular complexity index is 514. The van der Waals surface area contributed by atoms with Crippen molar-refractivity contribution < 1.29 is 14.3 Å². The number of likely N-dealkylation sites (N-methyl/N-ethyl adjacent to an activating group) is 1. The van der Waals surface area contributed by atoms with Gasteiger partial charge in [0.25, 0.3) is 5.91 Å². The van der Waals surface area contributed by atoms with Gasteiger partial charge in [-0.15, -0.1) is 23.5 Å². The molecule has 0 saturated carbocycles. The molecule has 1 saturated heterocycles. The molecule has 1 heterocycles. The first-order valence-electron chi connectivity index (χ1n) is 6.99. The summed E-state index contributed by atoms with van der Waals surface area (Å²) in [4.78, 5) is 24.4. The number of amides is 2. The Labute approximate surface area is 139 Å². The van der Waals surface area contributed by atoms with Crippen LogP contribution in [0, 0.1) is 0 Å². The summed E-state index contributed by atoms with van der Waals surface area (Å²) in [6, 6.07) is 7.84. The zero-order chi connectivity index (χ0) is 15.9. The lowest BCUT2D eigenvalue weighted by molar-refractivity contribution is -0.131. The van der Waals surface area contributed by atoms with Gasteiger partial charge in [-0.25, -0.2) is 0 Å². The average molecular weight is 340 g/mol. The van der Waals surface area contributed by atoms with E-state index in [2.05, 4.69) is 5.32 Å². The minimum atomic E-state index is -0.304. The third-order valence-electron chi connectivity index (χ3n) is 3.08. The van der Waals surface area contributed by atoms with Gasteiger partial charge in [0.15, 0.2) is 6.61 Å². The highest BCUT2D eigenvalue weighted by atomic mass is 32.2. The topological polar surface area (TPSA) is 58.6 Å². The highest BCUT2D eigenvalue weighted by molar-refractivity contribution is 8.19. The van der Waals surface area contributed by atoms with Gasteiger partial charge in [0.1, 0.15) is 5.75 Å². The maximum absolute atomic E-state index is 11.6. The Balaban J connectivity index is 1.74. The molecule has 5 nitrogen and oxygen atoms in total. The van der Waals surface area contributed by atoms with E-state index in [1.165, 1.54) is 22.0 Å². The number of carbonyl (C=O) groups is 2. The fourth-order valence-electron chi connectivity index (χ4n) is 1.80. The summed E-state index contributed by atoms with van der Waals surface area (Å²) < 4.78 is 5.94. The van der Waals surface area contributed by atoms with Crippen molar-refractivity contribution in [1.82, 2.24) is 10.2 Å². The number of carbonyl (C=O) groups excluding carboxylic acids is 2. The number of benzene rings is 1. The van der Waals surface area contributed by atoms with Gasteiger partial charge >= 0.3 is 0 Å². The first kappa shape index (κ1) is 17.0. The average Bonchev–Trinajstić information content (AvgIpc) is 3.05. The van der Waals surface area contributed by atoms with Gasteiger partial charge < -0.3 is 15.0 Å². The van der Waals surface area contributed by atoms with Crippen LogP contribution in [0.2, 0.25) is 0 Å². The molecule has 1 N–H and O–H groups in total. The van der Waals surface area contributed by atoms with Crippen LogP contribution in [0.4, 0.5) is 0 Å². The standard InChI is InChI=1S/C15H20N2O3S2/c1-17(2)14(19)9-16-13(18)10-20-12-5-3-11(4-6-12)15-21-7-8-22-15/h3-6,15H,7-10H2,1-2H3,(H,16,18). The van der Waals surface area contributed by atoms with Crippen molar-refractivity contribution in [3.63, 3.8) is 0 Å². The molecule has 0 unspecified atom stereocenters. The minimum absolute atomic E-state index is 0.00967. The second-order valence-corrected chi connectivity index (χ2v) is 7.72.